The van der Waals surface area contributed by atoms with Gasteiger partial charge in [-0.3, -0.25) is 4.99 Å². The third kappa shape index (κ3) is 4.85. The number of hydrogen-bond donors (Lipinski definition) is 3. The maximum atomic E-state index is 14.1. The first kappa shape index (κ1) is 20.8. The van der Waals surface area contributed by atoms with E-state index in [9.17, 15) is 13.9 Å². The van der Waals surface area contributed by atoms with Crippen molar-refractivity contribution < 1.29 is 18.6 Å². The monoisotopic (exact) mass is 353 g/mol. The summed E-state index contributed by atoms with van der Waals surface area (Å²) in [4.78, 5) is 3.85. The zero-order chi connectivity index (χ0) is 19.3. The minimum Gasteiger partial charge on any atom is -0.428 e. The van der Waals surface area contributed by atoms with E-state index in [0.29, 0.717) is 17.5 Å². The van der Waals surface area contributed by atoms with E-state index in [1.807, 2.05) is 6.92 Å². The Morgan fingerprint density at radius 2 is 2.08 bits per heavy atom. The van der Waals surface area contributed by atoms with Crippen molar-refractivity contribution in [3.05, 3.63) is 35.5 Å². The molecule has 0 bridgehead atoms. The Balaban J connectivity index is 3.44. The van der Waals surface area contributed by atoms with Gasteiger partial charge in [0.1, 0.15) is 5.69 Å². The molecule has 0 unspecified atom stereocenters. The fraction of sp³-hybridized carbons (Fsp3) is 0.444. The lowest BCUT2D eigenvalue weighted by Crippen LogP contribution is -2.47. The molecule has 0 saturated heterocycles. The van der Waals surface area contributed by atoms with E-state index in [-0.39, 0.29) is 17.1 Å². The first-order valence-corrected chi connectivity index (χ1v) is 7.93. The maximum absolute atomic E-state index is 14.1. The number of aliphatic imine (C=N–C) groups is 1. The van der Waals surface area contributed by atoms with E-state index in [1.165, 1.54) is 12.1 Å². The number of nitrogens with one attached hydrogen (secondary N) is 2. The molecule has 138 valence electrons. The van der Waals surface area contributed by atoms with E-state index < -0.39 is 11.7 Å². The molecule has 0 spiro atoms. The molecule has 7 heteroatoms. The molecule has 0 amide bonds. The molecular formula is C18H25F2N3O2. The molecule has 0 saturated carbocycles. The molecule has 0 heterocycles. The summed E-state index contributed by atoms with van der Waals surface area (Å²) in [6.07, 6.45) is 0.602. The Hall–Kier alpha value is -2.28. The fourth-order valence-electron chi connectivity index (χ4n) is 2.15. The lowest BCUT2D eigenvalue weighted by atomic mass is 9.96. The summed E-state index contributed by atoms with van der Waals surface area (Å²) < 4.78 is 32.9. The van der Waals surface area contributed by atoms with E-state index in [0.717, 1.165) is 20.3 Å². The van der Waals surface area contributed by atoms with Crippen molar-refractivity contribution in [1.29, 1.82) is 5.41 Å². The second kappa shape index (κ2) is 8.20. The highest BCUT2D eigenvalue weighted by Crippen LogP contribution is 2.40. The average molecular weight is 353 g/mol. The summed E-state index contributed by atoms with van der Waals surface area (Å²) in [5.41, 5.74) is -0.826. The average Bonchev–Trinajstić information content (AvgIpc) is 2.51. The van der Waals surface area contributed by atoms with Gasteiger partial charge in [-0.2, -0.15) is 8.78 Å². The summed E-state index contributed by atoms with van der Waals surface area (Å²) in [7, 11) is 1.71. The number of alkyl halides is 2. The molecule has 0 aliphatic rings. The van der Waals surface area contributed by atoms with E-state index >= 15 is 0 Å². The summed E-state index contributed by atoms with van der Waals surface area (Å²) in [6, 6.07) is 2.86. The molecule has 1 aromatic rings. The predicted octanol–water partition coefficient (Wildman–Crippen LogP) is 3.81. The summed E-state index contributed by atoms with van der Waals surface area (Å²) in [5.74, 6) is -0.181. The number of benzene rings is 1. The van der Waals surface area contributed by atoms with Crippen LogP contribution in [0.3, 0.4) is 0 Å². The van der Waals surface area contributed by atoms with E-state index in [4.69, 9.17) is 10.1 Å². The van der Waals surface area contributed by atoms with Gasteiger partial charge in [-0.15, -0.1) is 0 Å². The zero-order valence-corrected chi connectivity index (χ0v) is 15.0. The van der Waals surface area contributed by atoms with Crippen LogP contribution in [-0.2, 0) is 6.42 Å². The van der Waals surface area contributed by atoms with Gasteiger partial charge in [0.15, 0.2) is 11.4 Å². The standard InChI is InChI=1S/C18H25F2N3O2/c1-6-7-13-12(14(21)10-11-22-4)8-9-15(16(13)23-5)25-18(19,20)17(2,3)24/h8-11,21-22,24H,5-7H2,1-4H3/b11-10-,21-14?. The van der Waals surface area contributed by atoms with Gasteiger partial charge in [-0.25, -0.2) is 0 Å². The first-order valence-electron chi connectivity index (χ1n) is 7.93. The molecule has 0 aliphatic heterocycles. The first-order chi connectivity index (χ1) is 11.6. The van der Waals surface area contributed by atoms with Gasteiger partial charge >= 0.3 is 6.11 Å². The van der Waals surface area contributed by atoms with Gasteiger partial charge in [0.05, 0.1) is 5.71 Å². The largest absolute Gasteiger partial charge is 0.428 e. The summed E-state index contributed by atoms with van der Waals surface area (Å²) in [6.45, 7) is 7.32. The van der Waals surface area contributed by atoms with Crippen LogP contribution in [0.25, 0.3) is 0 Å². The number of aliphatic hydroxyl groups is 1. The van der Waals surface area contributed by atoms with Gasteiger partial charge < -0.3 is 20.6 Å². The van der Waals surface area contributed by atoms with Crippen molar-refractivity contribution in [2.75, 3.05) is 7.05 Å². The van der Waals surface area contributed by atoms with Gasteiger partial charge in [0.25, 0.3) is 0 Å². The van der Waals surface area contributed by atoms with Gasteiger partial charge in [0.2, 0.25) is 0 Å². The van der Waals surface area contributed by atoms with Crippen molar-refractivity contribution in [1.82, 2.24) is 5.32 Å². The SMILES string of the molecule is C=Nc1c(OC(F)(F)C(C)(C)O)ccc(C(=N)/C=C\NC)c1CCC. The highest BCUT2D eigenvalue weighted by atomic mass is 19.3. The maximum Gasteiger partial charge on any atom is 0.426 e. The van der Waals surface area contributed by atoms with E-state index in [1.54, 1.807) is 19.3 Å². The molecule has 1 aromatic carbocycles. The molecule has 0 fully saturated rings. The Morgan fingerprint density at radius 3 is 2.56 bits per heavy atom. The number of allylic oxidation sites excluding steroid dienone is 1. The van der Waals surface area contributed by atoms with Crippen LogP contribution < -0.4 is 10.1 Å². The van der Waals surface area contributed by atoms with E-state index in [2.05, 4.69) is 17.0 Å². The van der Waals surface area contributed by atoms with Crippen molar-refractivity contribution in [3.8, 4) is 5.75 Å². The van der Waals surface area contributed by atoms with Crippen molar-refractivity contribution in [3.63, 3.8) is 0 Å². The zero-order valence-electron chi connectivity index (χ0n) is 15.0. The molecule has 1 rings (SSSR count). The van der Waals surface area contributed by atoms with Crippen LogP contribution in [0.15, 0.2) is 29.4 Å². The Labute approximate surface area is 146 Å². The predicted molar refractivity (Wildman–Crippen MR) is 96.5 cm³/mol. The van der Waals surface area contributed by atoms with Crippen LogP contribution in [0.4, 0.5) is 14.5 Å². The van der Waals surface area contributed by atoms with Gasteiger partial charge in [-0.1, -0.05) is 13.3 Å². The summed E-state index contributed by atoms with van der Waals surface area (Å²) in [5, 5.41) is 20.6. The molecule has 0 aliphatic carbocycles. The minimum absolute atomic E-state index is 0.158. The highest BCUT2D eigenvalue weighted by molar-refractivity contribution is 6.08. The molecule has 0 atom stereocenters. The molecule has 0 radical (unpaired) electrons. The fourth-order valence-corrected chi connectivity index (χ4v) is 2.15. The Morgan fingerprint density at radius 1 is 1.44 bits per heavy atom. The smallest absolute Gasteiger partial charge is 0.426 e. The summed E-state index contributed by atoms with van der Waals surface area (Å²) >= 11 is 0. The number of nitrogens with zero attached hydrogens (tertiary/aromatic N) is 1. The third-order valence-electron chi connectivity index (χ3n) is 3.56. The molecule has 0 aromatic heterocycles. The van der Waals surface area contributed by atoms with Gasteiger partial charge in [-0.05, 0) is 57.0 Å². The third-order valence-corrected chi connectivity index (χ3v) is 3.56. The lowest BCUT2D eigenvalue weighted by molar-refractivity contribution is -0.276. The highest BCUT2D eigenvalue weighted by Gasteiger charge is 2.49. The van der Waals surface area contributed by atoms with Crippen molar-refractivity contribution >= 4 is 18.1 Å². The second-order valence-electron chi connectivity index (χ2n) is 6.06. The second-order valence-corrected chi connectivity index (χ2v) is 6.06. The molecule has 3 N–H and O–H groups in total. The molecular weight excluding hydrogens is 328 g/mol. The normalized spacial score (nSPS) is 12.3. The van der Waals surface area contributed by atoms with Gasteiger partial charge in [0, 0.05) is 12.6 Å². The van der Waals surface area contributed by atoms with Crippen molar-refractivity contribution in [2.24, 2.45) is 4.99 Å². The minimum atomic E-state index is -3.81. The van der Waals surface area contributed by atoms with Crippen LogP contribution in [-0.4, -0.2) is 36.3 Å². The quantitative estimate of drug-likeness (QED) is 0.591. The van der Waals surface area contributed by atoms with Crippen LogP contribution in [0.5, 0.6) is 5.75 Å². The Bertz CT molecular complexity index is 665. The lowest BCUT2D eigenvalue weighted by Gasteiger charge is -2.29. The van der Waals surface area contributed by atoms with Crippen molar-refractivity contribution in [2.45, 2.75) is 45.3 Å². The number of ether oxygens (including phenoxy) is 1. The van der Waals surface area contributed by atoms with Crippen LogP contribution >= 0.6 is 0 Å². The number of rotatable bonds is 9. The van der Waals surface area contributed by atoms with Crippen LogP contribution in [0.2, 0.25) is 0 Å². The Kier molecular flexibility index (Phi) is 6.81. The molecule has 5 nitrogen and oxygen atoms in total. The van der Waals surface area contributed by atoms with Crippen LogP contribution in [0, 0.1) is 5.41 Å². The number of hydrogen-bond acceptors (Lipinski definition) is 5. The van der Waals surface area contributed by atoms with Crippen LogP contribution in [0.1, 0.15) is 38.3 Å². The topological polar surface area (TPSA) is 77.7 Å². The molecule has 25 heavy (non-hydrogen) atoms. The number of halogens is 2.